The van der Waals surface area contributed by atoms with Gasteiger partial charge in [-0.3, -0.25) is 14.5 Å². The van der Waals surface area contributed by atoms with Crippen molar-refractivity contribution >= 4 is 11.8 Å². The quantitative estimate of drug-likeness (QED) is 0.178. The molecule has 1 aliphatic carbocycles. The summed E-state index contributed by atoms with van der Waals surface area (Å²) in [5.41, 5.74) is 3.76. The molecule has 4 aromatic rings. The average molecular weight is 667 g/mol. The normalized spacial score (nSPS) is 21.1. The minimum absolute atomic E-state index is 0.00208. The molecule has 49 heavy (non-hydrogen) atoms. The molecule has 1 saturated heterocycles. The number of benzene rings is 2. The third-order valence-corrected chi connectivity index (χ3v) is 9.07. The molecule has 0 radical (unpaired) electrons. The number of hydrogen-bond donors (Lipinski definition) is 4. The molecule has 1 aliphatic heterocycles. The molecule has 0 unspecified atom stereocenters. The van der Waals surface area contributed by atoms with Gasteiger partial charge >= 0.3 is 0 Å². The SMILES string of the molecule is Cc1cccc(C(=O)N[C@H]2CC[C@H](NC(=O)c3cc(F)cnc3Oc3cccc(-c4ccc(O)c(CN5C[C@@H](C)N[C@@H](C)C5)c4)c3)CC2)n1. The van der Waals surface area contributed by atoms with Crippen molar-refractivity contribution in [2.24, 2.45) is 0 Å². The van der Waals surface area contributed by atoms with E-state index in [9.17, 15) is 19.1 Å². The zero-order valence-corrected chi connectivity index (χ0v) is 28.1. The van der Waals surface area contributed by atoms with Crippen LogP contribution in [0.3, 0.4) is 0 Å². The van der Waals surface area contributed by atoms with Gasteiger partial charge in [0.2, 0.25) is 5.88 Å². The highest BCUT2D eigenvalue weighted by molar-refractivity contribution is 5.96. The highest BCUT2D eigenvalue weighted by Crippen LogP contribution is 2.32. The van der Waals surface area contributed by atoms with E-state index in [1.54, 1.807) is 24.3 Å². The van der Waals surface area contributed by atoms with Gasteiger partial charge in [-0.1, -0.05) is 24.3 Å². The first-order chi connectivity index (χ1) is 23.6. The minimum Gasteiger partial charge on any atom is -0.508 e. The van der Waals surface area contributed by atoms with E-state index < -0.39 is 11.7 Å². The van der Waals surface area contributed by atoms with E-state index in [4.69, 9.17) is 4.74 Å². The number of piperazine rings is 1. The summed E-state index contributed by atoms with van der Waals surface area (Å²) in [6.45, 7) is 8.58. The van der Waals surface area contributed by atoms with Crippen molar-refractivity contribution in [3.63, 3.8) is 0 Å². The number of carbonyl (C=O) groups excluding carboxylic acids is 2. The number of pyridine rings is 2. The molecule has 2 aromatic heterocycles. The third-order valence-electron chi connectivity index (χ3n) is 9.07. The molecule has 2 amide bonds. The predicted octanol–water partition coefficient (Wildman–Crippen LogP) is 5.74. The summed E-state index contributed by atoms with van der Waals surface area (Å²) in [5, 5.41) is 20.2. The van der Waals surface area contributed by atoms with Crippen LogP contribution in [-0.4, -0.2) is 69.0 Å². The zero-order valence-electron chi connectivity index (χ0n) is 28.1. The van der Waals surface area contributed by atoms with E-state index in [1.165, 1.54) is 0 Å². The number of halogens is 1. The standard InChI is InChI=1S/C38H43FN6O4/c1-23-6-4-9-34(42-23)37(48)44-31-13-11-30(12-14-31)43-36(47)33-18-29(39)19-40-38(33)49-32-8-5-7-26(17-32)27-10-15-35(46)28(16-27)22-45-20-24(2)41-25(3)21-45/h4-10,15-19,24-25,30-31,41,46H,11-14,20-22H2,1-3H3,(H,43,47)(H,44,48)/t24-,25+,30-,31-. The van der Waals surface area contributed by atoms with Crippen molar-refractivity contribution in [3.05, 3.63) is 101 Å². The van der Waals surface area contributed by atoms with E-state index in [0.717, 1.165) is 47.7 Å². The van der Waals surface area contributed by atoms with Crippen LogP contribution in [0.4, 0.5) is 4.39 Å². The van der Waals surface area contributed by atoms with Gasteiger partial charge in [0.15, 0.2) is 0 Å². The molecule has 10 nitrogen and oxygen atoms in total. The molecule has 2 atom stereocenters. The molecular weight excluding hydrogens is 623 g/mol. The Labute approximate surface area is 286 Å². The van der Waals surface area contributed by atoms with Crippen molar-refractivity contribution in [2.75, 3.05) is 13.1 Å². The van der Waals surface area contributed by atoms with Gasteiger partial charge in [-0.15, -0.1) is 0 Å². The topological polar surface area (TPSA) is 129 Å². The highest BCUT2D eigenvalue weighted by Gasteiger charge is 2.27. The molecule has 4 N–H and O–H groups in total. The van der Waals surface area contributed by atoms with Crippen LogP contribution in [0.2, 0.25) is 0 Å². The van der Waals surface area contributed by atoms with Gasteiger partial charge in [0.05, 0.1) is 6.20 Å². The summed E-state index contributed by atoms with van der Waals surface area (Å²) >= 11 is 0. The van der Waals surface area contributed by atoms with E-state index in [0.29, 0.717) is 55.8 Å². The maximum Gasteiger partial charge on any atom is 0.270 e. The molecule has 2 aromatic carbocycles. The van der Waals surface area contributed by atoms with Crippen LogP contribution in [0.1, 0.15) is 71.6 Å². The van der Waals surface area contributed by atoms with Gasteiger partial charge in [0.1, 0.15) is 28.6 Å². The van der Waals surface area contributed by atoms with Crippen molar-refractivity contribution < 1.29 is 23.8 Å². The molecule has 0 bridgehead atoms. The molecule has 6 rings (SSSR count). The lowest BCUT2D eigenvalue weighted by atomic mass is 9.91. The first-order valence-electron chi connectivity index (χ1n) is 16.9. The number of rotatable bonds is 9. The fraction of sp³-hybridized carbons (Fsp3) is 0.368. The van der Waals surface area contributed by atoms with Crippen molar-refractivity contribution in [3.8, 4) is 28.5 Å². The van der Waals surface area contributed by atoms with Crippen LogP contribution >= 0.6 is 0 Å². The predicted molar refractivity (Wildman–Crippen MR) is 185 cm³/mol. The Kier molecular flexibility index (Phi) is 10.5. The maximum atomic E-state index is 14.4. The average Bonchev–Trinajstić information content (AvgIpc) is 3.07. The number of nitrogens with one attached hydrogen (secondary N) is 3. The van der Waals surface area contributed by atoms with E-state index in [2.05, 4.69) is 44.7 Å². The molecule has 1 saturated carbocycles. The van der Waals surface area contributed by atoms with Gasteiger partial charge in [-0.05, 0) is 100 Å². The number of carbonyl (C=O) groups is 2. The molecular formula is C38H43FN6O4. The number of nitrogens with zero attached hydrogens (tertiary/aromatic N) is 3. The van der Waals surface area contributed by atoms with Crippen LogP contribution in [0.5, 0.6) is 17.4 Å². The summed E-state index contributed by atoms with van der Waals surface area (Å²) in [4.78, 5) is 36.8. The van der Waals surface area contributed by atoms with Crippen LogP contribution in [0.25, 0.3) is 11.1 Å². The van der Waals surface area contributed by atoms with Gasteiger partial charge in [-0.25, -0.2) is 14.4 Å². The smallest absolute Gasteiger partial charge is 0.270 e. The number of amides is 2. The lowest BCUT2D eigenvalue weighted by Gasteiger charge is -2.36. The van der Waals surface area contributed by atoms with Gasteiger partial charge < -0.3 is 25.8 Å². The lowest BCUT2D eigenvalue weighted by Crippen LogP contribution is -2.53. The monoisotopic (exact) mass is 666 g/mol. The summed E-state index contributed by atoms with van der Waals surface area (Å²) in [6, 6.07) is 20.0. The Hall–Kier alpha value is -4.87. The van der Waals surface area contributed by atoms with Crippen molar-refractivity contribution in [1.82, 2.24) is 30.8 Å². The minimum atomic E-state index is -0.646. The first-order valence-corrected chi connectivity index (χ1v) is 16.9. The summed E-state index contributed by atoms with van der Waals surface area (Å²) in [7, 11) is 0. The summed E-state index contributed by atoms with van der Waals surface area (Å²) in [5.74, 6) is -0.653. The Bertz CT molecular complexity index is 1800. The number of aromatic hydroxyl groups is 1. The molecule has 2 aliphatic rings. The number of aromatic nitrogens is 2. The Morgan fingerprint density at radius 2 is 1.59 bits per heavy atom. The number of phenols is 1. The Balaban J connectivity index is 1.10. The highest BCUT2D eigenvalue weighted by atomic mass is 19.1. The number of hydrogen-bond acceptors (Lipinski definition) is 8. The second-order valence-electron chi connectivity index (χ2n) is 13.3. The van der Waals surface area contributed by atoms with Crippen molar-refractivity contribution in [1.29, 1.82) is 0 Å². The third kappa shape index (κ3) is 8.79. The maximum absolute atomic E-state index is 14.4. The summed E-state index contributed by atoms with van der Waals surface area (Å²) in [6.07, 6.45) is 3.70. The van der Waals surface area contributed by atoms with Crippen LogP contribution in [0.15, 0.2) is 72.9 Å². The molecule has 2 fully saturated rings. The fourth-order valence-electron chi connectivity index (χ4n) is 6.80. The Morgan fingerprint density at radius 3 is 2.31 bits per heavy atom. The van der Waals surface area contributed by atoms with Gasteiger partial charge in [0, 0.05) is 55.1 Å². The van der Waals surface area contributed by atoms with Crippen molar-refractivity contribution in [2.45, 2.75) is 77.2 Å². The number of aryl methyl sites for hydroxylation is 1. The second kappa shape index (κ2) is 15.1. The number of ether oxygens (including phenoxy) is 1. The molecule has 11 heteroatoms. The van der Waals surface area contributed by atoms with Gasteiger partial charge in [0.25, 0.3) is 11.8 Å². The van der Waals surface area contributed by atoms with Crippen LogP contribution < -0.4 is 20.7 Å². The van der Waals surface area contributed by atoms with Crippen LogP contribution in [0, 0.1) is 12.7 Å². The van der Waals surface area contributed by atoms with E-state index in [-0.39, 0.29) is 35.2 Å². The van der Waals surface area contributed by atoms with Gasteiger partial charge in [-0.2, -0.15) is 0 Å². The molecule has 256 valence electrons. The molecule has 0 spiro atoms. The lowest BCUT2D eigenvalue weighted by molar-refractivity contribution is 0.0887. The van der Waals surface area contributed by atoms with Crippen LogP contribution in [-0.2, 0) is 6.54 Å². The first kappa shape index (κ1) is 34.0. The number of phenolic OH excluding ortho intramolecular Hbond substituents is 1. The second-order valence-corrected chi connectivity index (χ2v) is 13.3. The Morgan fingerprint density at radius 1 is 0.918 bits per heavy atom. The zero-order chi connectivity index (χ0) is 34.5. The summed E-state index contributed by atoms with van der Waals surface area (Å²) < 4.78 is 20.4. The molecule has 3 heterocycles. The van der Waals surface area contributed by atoms with E-state index >= 15 is 0 Å². The van der Waals surface area contributed by atoms with E-state index in [1.807, 2.05) is 43.3 Å². The largest absolute Gasteiger partial charge is 0.508 e. The fourth-order valence-corrected chi connectivity index (χ4v) is 6.80.